The lowest BCUT2D eigenvalue weighted by Crippen LogP contribution is -2.51. The molecule has 1 atom stereocenters. The van der Waals surface area contributed by atoms with Crippen molar-refractivity contribution in [3.8, 4) is 0 Å². The van der Waals surface area contributed by atoms with Gasteiger partial charge in [-0.2, -0.15) is 0 Å². The Morgan fingerprint density at radius 3 is 2.45 bits per heavy atom. The van der Waals surface area contributed by atoms with E-state index in [9.17, 15) is 4.79 Å². The Kier molecular flexibility index (Phi) is 13.8. The second-order valence-corrected chi connectivity index (χ2v) is 8.02. The maximum Gasteiger partial charge on any atom is 0.234 e. The molecule has 8 nitrogen and oxygen atoms in total. The number of guanidine groups is 1. The van der Waals surface area contributed by atoms with Gasteiger partial charge in [0.1, 0.15) is 0 Å². The molecule has 2 rings (SSSR count). The molecule has 1 unspecified atom stereocenters. The number of aliphatic imine (C=N–C) groups is 1. The first-order valence-corrected chi connectivity index (χ1v) is 10.9. The number of rotatable bonds is 9. The highest BCUT2D eigenvalue weighted by atomic mass is 127. The molecular formula is C20H41IN6O2. The molecule has 0 aromatic heterocycles. The van der Waals surface area contributed by atoms with Crippen LogP contribution < -0.4 is 16.0 Å². The van der Waals surface area contributed by atoms with E-state index in [1.54, 1.807) is 0 Å². The average Bonchev–Trinajstić information content (AvgIpc) is 2.71. The largest absolute Gasteiger partial charge is 0.379 e. The number of hydrogen-bond donors (Lipinski definition) is 3. The standard InChI is InChI=1S/C20H40N6O2.HI/c1-4-7-22-19(27)16-25-8-5-18(6-9-25)24-20(21-3)23-14-17(2)15-26-10-12-28-13-11-26;/h17-18H,4-16H2,1-3H3,(H,22,27)(H2,21,23,24);1H. The first kappa shape index (κ1) is 26.4. The molecule has 2 saturated heterocycles. The molecule has 0 bridgehead atoms. The van der Waals surface area contributed by atoms with Gasteiger partial charge in [0.2, 0.25) is 5.91 Å². The number of hydrogen-bond acceptors (Lipinski definition) is 5. The van der Waals surface area contributed by atoms with Crippen molar-refractivity contribution in [2.45, 2.75) is 39.2 Å². The molecule has 29 heavy (non-hydrogen) atoms. The summed E-state index contributed by atoms with van der Waals surface area (Å²) in [5.74, 6) is 1.58. The van der Waals surface area contributed by atoms with Crippen molar-refractivity contribution < 1.29 is 9.53 Å². The summed E-state index contributed by atoms with van der Waals surface area (Å²) < 4.78 is 5.42. The number of halogens is 1. The van der Waals surface area contributed by atoms with Crippen LogP contribution in [0.3, 0.4) is 0 Å². The molecule has 0 spiro atoms. The number of ether oxygens (including phenoxy) is 1. The molecule has 2 heterocycles. The number of carbonyl (C=O) groups is 1. The summed E-state index contributed by atoms with van der Waals surface area (Å²) in [5, 5.41) is 9.98. The Bertz CT molecular complexity index is 480. The van der Waals surface area contributed by atoms with Crippen LogP contribution in [0.15, 0.2) is 4.99 Å². The Morgan fingerprint density at radius 1 is 1.14 bits per heavy atom. The fraction of sp³-hybridized carbons (Fsp3) is 0.900. The molecule has 170 valence electrons. The van der Waals surface area contributed by atoms with Crippen molar-refractivity contribution in [1.82, 2.24) is 25.8 Å². The summed E-state index contributed by atoms with van der Waals surface area (Å²) in [6.45, 7) is 13.3. The highest BCUT2D eigenvalue weighted by Crippen LogP contribution is 2.10. The fourth-order valence-corrected chi connectivity index (χ4v) is 3.71. The van der Waals surface area contributed by atoms with Crippen LogP contribution in [0.4, 0.5) is 0 Å². The SMILES string of the molecule is CCCNC(=O)CN1CCC(NC(=NC)NCC(C)CN2CCOCC2)CC1.I. The molecule has 0 radical (unpaired) electrons. The lowest BCUT2D eigenvalue weighted by atomic mass is 10.1. The Morgan fingerprint density at radius 2 is 1.83 bits per heavy atom. The van der Waals surface area contributed by atoms with Crippen molar-refractivity contribution in [1.29, 1.82) is 0 Å². The van der Waals surface area contributed by atoms with Crippen molar-refractivity contribution in [2.75, 3.05) is 72.6 Å². The fourth-order valence-electron chi connectivity index (χ4n) is 3.71. The van der Waals surface area contributed by atoms with Crippen LogP contribution in [0.1, 0.15) is 33.1 Å². The molecular weight excluding hydrogens is 483 g/mol. The molecule has 0 aromatic carbocycles. The van der Waals surface area contributed by atoms with E-state index in [4.69, 9.17) is 4.74 Å². The van der Waals surface area contributed by atoms with E-state index in [1.807, 2.05) is 7.05 Å². The summed E-state index contributed by atoms with van der Waals surface area (Å²) in [6, 6.07) is 0.413. The van der Waals surface area contributed by atoms with Crippen LogP contribution in [-0.2, 0) is 9.53 Å². The number of nitrogens with zero attached hydrogens (tertiary/aromatic N) is 3. The van der Waals surface area contributed by atoms with Gasteiger partial charge in [-0.05, 0) is 25.2 Å². The van der Waals surface area contributed by atoms with Crippen LogP contribution in [0, 0.1) is 5.92 Å². The van der Waals surface area contributed by atoms with E-state index in [1.165, 1.54) is 0 Å². The third-order valence-electron chi connectivity index (χ3n) is 5.38. The minimum atomic E-state index is 0. The van der Waals surface area contributed by atoms with E-state index >= 15 is 0 Å². The molecule has 9 heteroatoms. The number of morpholine rings is 1. The molecule has 2 aliphatic rings. The number of carbonyl (C=O) groups excluding carboxylic acids is 1. The van der Waals surface area contributed by atoms with Gasteiger partial charge in [0, 0.05) is 58.9 Å². The Hall–Kier alpha value is -0.650. The molecule has 0 aliphatic carbocycles. The second kappa shape index (κ2) is 15.2. The summed E-state index contributed by atoms with van der Waals surface area (Å²) in [4.78, 5) is 21.0. The third-order valence-corrected chi connectivity index (χ3v) is 5.38. The van der Waals surface area contributed by atoms with Crippen molar-refractivity contribution in [3.05, 3.63) is 0 Å². The lowest BCUT2D eigenvalue weighted by Gasteiger charge is -2.33. The monoisotopic (exact) mass is 524 g/mol. The summed E-state index contributed by atoms with van der Waals surface area (Å²) in [5.41, 5.74) is 0. The van der Waals surface area contributed by atoms with Gasteiger partial charge in [0.25, 0.3) is 0 Å². The molecule has 0 aromatic rings. The first-order valence-electron chi connectivity index (χ1n) is 10.9. The molecule has 3 N–H and O–H groups in total. The molecule has 2 fully saturated rings. The lowest BCUT2D eigenvalue weighted by molar-refractivity contribution is -0.122. The maximum atomic E-state index is 11.9. The minimum absolute atomic E-state index is 0. The number of nitrogens with one attached hydrogen (secondary N) is 3. The second-order valence-electron chi connectivity index (χ2n) is 8.02. The minimum Gasteiger partial charge on any atom is -0.379 e. The van der Waals surface area contributed by atoms with E-state index in [-0.39, 0.29) is 29.9 Å². The number of amides is 1. The zero-order valence-electron chi connectivity index (χ0n) is 18.4. The van der Waals surface area contributed by atoms with Gasteiger partial charge in [-0.1, -0.05) is 13.8 Å². The number of piperidine rings is 1. The van der Waals surface area contributed by atoms with Crippen LogP contribution in [0.5, 0.6) is 0 Å². The quantitative estimate of drug-likeness (QED) is 0.235. The first-order chi connectivity index (χ1) is 13.6. The van der Waals surface area contributed by atoms with Crippen molar-refractivity contribution in [2.24, 2.45) is 10.9 Å². The summed E-state index contributed by atoms with van der Waals surface area (Å²) in [6.07, 6.45) is 3.05. The van der Waals surface area contributed by atoms with Crippen molar-refractivity contribution in [3.63, 3.8) is 0 Å². The zero-order valence-corrected chi connectivity index (χ0v) is 20.7. The predicted octanol–water partition coefficient (Wildman–Crippen LogP) is 0.728. The van der Waals surface area contributed by atoms with Gasteiger partial charge in [-0.3, -0.25) is 19.6 Å². The summed E-state index contributed by atoms with van der Waals surface area (Å²) >= 11 is 0. The highest BCUT2D eigenvalue weighted by molar-refractivity contribution is 14.0. The Balaban J connectivity index is 0.00000420. The van der Waals surface area contributed by atoms with Gasteiger partial charge in [-0.15, -0.1) is 24.0 Å². The van der Waals surface area contributed by atoms with Crippen LogP contribution in [0.25, 0.3) is 0 Å². The third kappa shape index (κ3) is 10.8. The number of likely N-dealkylation sites (tertiary alicyclic amines) is 1. The smallest absolute Gasteiger partial charge is 0.234 e. The van der Waals surface area contributed by atoms with Crippen LogP contribution in [0.2, 0.25) is 0 Å². The van der Waals surface area contributed by atoms with Gasteiger partial charge < -0.3 is 20.7 Å². The van der Waals surface area contributed by atoms with Crippen molar-refractivity contribution >= 4 is 35.8 Å². The van der Waals surface area contributed by atoms with Gasteiger partial charge in [0.05, 0.1) is 19.8 Å². The summed E-state index contributed by atoms with van der Waals surface area (Å²) in [7, 11) is 1.83. The van der Waals surface area contributed by atoms with Gasteiger partial charge >= 0.3 is 0 Å². The van der Waals surface area contributed by atoms with E-state index in [0.29, 0.717) is 18.5 Å². The van der Waals surface area contributed by atoms with E-state index in [0.717, 1.165) is 84.2 Å². The topological polar surface area (TPSA) is 81.2 Å². The maximum absolute atomic E-state index is 11.9. The van der Waals surface area contributed by atoms with Gasteiger partial charge in [0.15, 0.2) is 5.96 Å². The molecule has 2 aliphatic heterocycles. The molecule has 0 saturated carbocycles. The molecule has 1 amide bonds. The van der Waals surface area contributed by atoms with E-state index in [2.05, 4.69) is 44.6 Å². The predicted molar refractivity (Wildman–Crippen MR) is 129 cm³/mol. The average molecular weight is 524 g/mol. The normalized spacial score (nSPS) is 20.6. The van der Waals surface area contributed by atoms with Crippen LogP contribution in [-0.4, -0.2) is 100 Å². The van der Waals surface area contributed by atoms with E-state index < -0.39 is 0 Å². The highest BCUT2D eigenvalue weighted by Gasteiger charge is 2.21. The van der Waals surface area contributed by atoms with Gasteiger partial charge in [-0.25, -0.2) is 0 Å². The van der Waals surface area contributed by atoms with Crippen LogP contribution >= 0.6 is 24.0 Å². The Labute approximate surface area is 193 Å². The zero-order chi connectivity index (χ0) is 20.2.